The predicted octanol–water partition coefficient (Wildman–Crippen LogP) is 4.28. The number of carboxylic acid groups (broad SMARTS) is 1. The van der Waals surface area contributed by atoms with Crippen LogP contribution >= 0.6 is 0 Å². The normalized spacial score (nSPS) is 15.1. The lowest BCUT2D eigenvalue weighted by Gasteiger charge is -2.23. The van der Waals surface area contributed by atoms with Crippen molar-refractivity contribution in [3.05, 3.63) is 52.3 Å². The summed E-state index contributed by atoms with van der Waals surface area (Å²) < 4.78 is 7.33. The molecule has 1 aliphatic rings. The van der Waals surface area contributed by atoms with Crippen molar-refractivity contribution in [1.82, 2.24) is 9.88 Å². The summed E-state index contributed by atoms with van der Waals surface area (Å²) in [6, 6.07) is 8.43. The van der Waals surface area contributed by atoms with Crippen LogP contribution in [0.15, 0.2) is 24.3 Å². The first-order valence-electron chi connectivity index (χ1n) is 9.79. The highest BCUT2D eigenvalue weighted by Gasteiger charge is 2.23. The third kappa shape index (κ3) is 4.35. The van der Waals surface area contributed by atoms with Gasteiger partial charge in [0.1, 0.15) is 5.75 Å². The molecule has 1 heterocycles. The largest absolute Gasteiger partial charge is 0.497 e. The highest BCUT2D eigenvalue weighted by Crippen LogP contribution is 2.25. The summed E-state index contributed by atoms with van der Waals surface area (Å²) in [5.74, 6) is -0.0205. The topological polar surface area (TPSA) is 63.5 Å². The maximum absolute atomic E-state index is 11.9. The van der Waals surface area contributed by atoms with Crippen LogP contribution in [0.5, 0.6) is 5.75 Å². The van der Waals surface area contributed by atoms with Crippen molar-refractivity contribution in [2.24, 2.45) is 0 Å². The Hall–Kier alpha value is -2.27. The van der Waals surface area contributed by atoms with Gasteiger partial charge in [0.25, 0.3) is 0 Å². The van der Waals surface area contributed by atoms with Crippen LogP contribution < -0.4 is 10.1 Å². The van der Waals surface area contributed by atoms with E-state index in [0.29, 0.717) is 24.7 Å². The number of ether oxygens (including phenoxy) is 1. The van der Waals surface area contributed by atoms with E-state index in [9.17, 15) is 9.90 Å². The van der Waals surface area contributed by atoms with E-state index < -0.39 is 5.97 Å². The Labute approximate surface area is 161 Å². The van der Waals surface area contributed by atoms with Crippen LogP contribution in [0.3, 0.4) is 0 Å². The van der Waals surface area contributed by atoms with E-state index in [1.54, 1.807) is 7.11 Å². The molecule has 0 bridgehead atoms. The zero-order valence-corrected chi connectivity index (χ0v) is 16.5. The van der Waals surface area contributed by atoms with Gasteiger partial charge in [0, 0.05) is 36.1 Å². The molecule has 3 rings (SSSR count). The van der Waals surface area contributed by atoms with Crippen molar-refractivity contribution in [1.29, 1.82) is 0 Å². The van der Waals surface area contributed by atoms with Crippen LogP contribution in [-0.4, -0.2) is 28.8 Å². The fourth-order valence-electron chi connectivity index (χ4n) is 4.15. The highest BCUT2D eigenvalue weighted by atomic mass is 16.5. The van der Waals surface area contributed by atoms with Gasteiger partial charge in [-0.25, -0.2) is 4.79 Å². The minimum Gasteiger partial charge on any atom is -0.497 e. The molecule has 0 saturated heterocycles. The first kappa shape index (κ1) is 19.5. The lowest BCUT2D eigenvalue weighted by Crippen LogP contribution is -2.31. The monoisotopic (exact) mass is 370 g/mol. The minimum atomic E-state index is -0.843. The number of hydrogen-bond donors (Lipinski definition) is 2. The van der Waals surface area contributed by atoms with E-state index in [0.717, 1.165) is 28.3 Å². The van der Waals surface area contributed by atoms with Crippen molar-refractivity contribution in [3.8, 4) is 5.75 Å². The van der Waals surface area contributed by atoms with Crippen LogP contribution in [0.25, 0.3) is 0 Å². The molecule has 5 heteroatoms. The molecule has 5 nitrogen and oxygen atoms in total. The number of benzene rings is 1. The van der Waals surface area contributed by atoms with E-state index in [1.165, 1.54) is 32.1 Å². The van der Waals surface area contributed by atoms with Crippen molar-refractivity contribution < 1.29 is 14.6 Å². The predicted molar refractivity (Wildman–Crippen MR) is 107 cm³/mol. The summed E-state index contributed by atoms with van der Waals surface area (Å²) in [5, 5.41) is 13.4. The summed E-state index contributed by atoms with van der Waals surface area (Å²) in [4.78, 5) is 11.9. The third-order valence-corrected chi connectivity index (χ3v) is 5.80. The molecule has 0 spiro atoms. The van der Waals surface area contributed by atoms with E-state index in [4.69, 9.17) is 4.74 Å². The molecule has 27 heavy (non-hydrogen) atoms. The zero-order valence-electron chi connectivity index (χ0n) is 16.5. The molecule has 0 amide bonds. The zero-order chi connectivity index (χ0) is 19.4. The van der Waals surface area contributed by atoms with Gasteiger partial charge < -0.3 is 19.7 Å². The number of rotatable bonds is 7. The molecule has 2 aromatic rings. The maximum atomic E-state index is 11.9. The molecular weight excluding hydrogens is 340 g/mol. The number of methoxy groups -OCH3 is 1. The fraction of sp³-hybridized carbons (Fsp3) is 0.500. The molecule has 0 aliphatic heterocycles. The van der Waals surface area contributed by atoms with Gasteiger partial charge in [-0.2, -0.15) is 0 Å². The second-order valence-corrected chi connectivity index (χ2v) is 7.48. The quantitative estimate of drug-likeness (QED) is 0.763. The van der Waals surface area contributed by atoms with Crippen LogP contribution in [0, 0.1) is 13.8 Å². The Morgan fingerprint density at radius 3 is 2.41 bits per heavy atom. The van der Waals surface area contributed by atoms with Gasteiger partial charge in [-0.3, -0.25) is 0 Å². The summed E-state index contributed by atoms with van der Waals surface area (Å²) in [7, 11) is 1.65. The summed E-state index contributed by atoms with van der Waals surface area (Å²) >= 11 is 0. The second-order valence-electron chi connectivity index (χ2n) is 7.48. The van der Waals surface area contributed by atoms with Crippen LogP contribution in [0.2, 0.25) is 0 Å². The number of nitrogens with zero attached hydrogens (tertiary/aromatic N) is 1. The average Bonchev–Trinajstić information content (AvgIpc) is 2.92. The van der Waals surface area contributed by atoms with Gasteiger partial charge >= 0.3 is 5.97 Å². The first-order valence-corrected chi connectivity index (χ1v) is 9.79. The Bertz CT molecular complexity index is 787. The van der Waals surface area contributed by atoms with Gasteiger partial charge in [-0.15, -0.1) is 0 Å². The molecule has 146 valence electrons. The standard InChI is InChI=1S/C22H30N2O3/c1-15-20(13-23-18-7-5-4-6-8-18)21(22(25)26)16(2)24(15)14-17-9-11-19(27-3)12-10-17/h9-12,18,23H,4-8,13-14H2,1-3H3,(H,25,26). The Morgan fingerprint density at radius 1 is 1.15 bits per heavy atom. The van der Waals surface area contributed by atoms with E-state index in [1.807, 2.05) is 38.1 Å². The van der Waals surface area contributed by atoms with Gasteiger partial charge in [-0.1, -0.05) is 31.4 Å². The van der Waals surface area contributed by atoms with Crippen molar-refractivity contribution >= 4 is 5.97 Å². The number of carboxylic acids is 1. The van der Waals surface area contributed by atoms with Crippen LogP contribution in [0.1, 0.15) is 65.0 Å². The van der Waals surface area contributed by atoms with Crippen molar-refractivity contribution in [2.75, 3.05) is 7.11 Å². The molecule has 0 atom stereocenters. The maximum Gasteiger partial charge on any atom is 0.337 e. The Kier molecular flexibility index (Phi) is 6.22. The number of carbonyl (C=O) groups is 1. The fourth-order valence-corrected chi connectivity index (χ4v) is 4.15. The summed E-state index contributed by atoms with van der Waals surface area (Å²) in [5.41, 5.74) is 4.34. The molecule has 1 fully saturated rings. The van der Waals surface area contributed by atoms with Gasteiger partial charge in [0.05, 0.1) is 12.7 Å². The van der Waals surface area contributed by atoms with Crippen LogP contribution in [0.4, 0.5) is 0 Å². The molecular formula is C22H30N2O3. The molecule has 1 saturated carbocycles. The van der Waals surface area contributed by atoms with Gasteiger partial charge in [0.2, 0.25) is 0 Å². The Balaban J connectivity index is 1.84. The lowest BCUT2D eigenvalue weighted by molar-refractivity contribution is 0.0694. The van der Waals surface area contributed by atoms with E-state index in [2.05, 4.69) is 9.88 Å². The second kappa shape index (κ2) is 8.61. The molecule has 0 unspecified atom stereocenters. The molecule has 2 N–H and O–H groups in total. The highest BCUT2D eigenvalue weighted by molar-refractivity contribution is 5.91. The molecule has 1 aromatic carbocycles. The Morgan fingerprint density at radius 2 is 1.81 bits per heavy atom. The number of aromatic carboxylic acids is 1. The lowest BCUT2D eigenvalue weighted by atomic mass is 9.95. The smallest absolute Gasteiger partial charge is 0.337 e. The number of nitrogens with one attached hydrogen (secondary N) is 1. The average molecular weight is 370 g/mol. The number of hydrogen-bond acceptors (Lipinski definition) is 3. The number of aromatic nitrogens is 1. The van der Waals surface area contributed by atoms with Gasteiger partial charge in [-0.05, 0) is 44.4 Å². The molecule has 1 aromatic heterocycles. The van der Waals surface area contributed by atoms with Crippen molar-refractivity contribution in [2.45, 2.75) is 65.1 Å². The molecule has 1 aliphatic carbocycles. The van der Waals surface area contributed by atoms with Gasteiger partial charge in [0.15, 0.2) is 0 Å². The van der Waals surface area contributed by atoms with Crippen LogP contribution in [-0.2, 0) is 13.1 Å². The minimum absolute atomic E-state index is 0.448. The summed E-state index contributed by atoms with van der Waals surface area (Å²) in [6.45, 7) is 5.21. The third-order valence-electron chi connectivity index (χ3n) is 5.80. The summed E-state index contributed by atoms with van der Waals surface area (Å²) in [6.07, 6.45) is 6.22. The van der Waals surface area contributed by atoms with Crippen molar-refractivity contribution in [3.63, 3.8) is 0 Å². The first-order chi connectivity index (χ1) is 13.0. The molecule has 0 radical (unpaired) electrons. The van der Waals surface area contributed by atoms with E-state index in [-0.39, 0.29) is 0 Å². The SMILES string of the molecule is COc1ccc(Cn2c(C)c(CNC3CCCCC3)c(C(=O)O)c2C)cc1. The van der Waals surface area contributed by atoms with E-state index >= 15 is 0 Å².